The molecule has 0 radical (unpaired) electrons. The molecule has 0 aromatic heterocycles. The van der Waals surface area contributed by atoms with Gasteiger partial charge in [0.15, 0.2) is 6.10 Å². The van der Waals surface area contributed by atoms with Gasteiger partial charge in [0.05, 0.1) is 12.2 Å². The predicted octanol–water partition coefficient (Wildman–Crippen LogP) is 4.48. The molecule has 1 amide bonds. The van der Waals surface area contributed by atoms with Crippen molar-refractivity contribution >= 4 is 24.0 Å². The molecule has 0 spiro atoms. The van der Waals surface area contributed by atoms with Gasteiger partial charge >= 0.3 is 11.9 Å². The van der Waals surface area contributed by atoms with Gasteiger partial charge in [-0.1, -0.05) is 51.9 Å². The van der Waals surface area contributed by atoms with Crippen LogP contribution in [-0.2, 0) is 19.1 Å². The number of amides is 1. The monoisotopic (exact) mass is 377 g/mol. The molecule has 0 aliphatic heterocycles. The molecule has 0 heterocycles. The fourth-order valence-electron chi connectivity index (χ4n) is 2.57. The van der Waals surface area contributed by atoms with E-state index in [1.807, 2.05) is 0 Å². The Morgan fingerprint density at radius 2 is 1.59 bits per heavy atom. The summed E-state index contributed by atoms with van der Waals surface area (Å²) in [7, 11) is 0. The van der Waals surface area contributed by atoms with Gasteiger partial charge in [0, 0.05) is 5.69 Å². The van der Waals surface area contributed by atoms with Crippen LogP contribution in [0.2, 0.25) is 0 Å². The van der Waals surface area contributed by atoms with Gasteiger partial charge in [-0.05, 0) is 37.6 Å². The molecular weight excluding hydrogens is 346 g/mol. The molecule has 0 bridgehead atoms. The van der Waals surface area contributed by atoms with Crippen molar-refractivity contribution in [3.63, 3.8) is 0 Å². The summed E-state index contributed by atoms with van der Waals surface area (Å²) in [6.07, 6.45) is 8.95. The molecule has 1 aromatic carbocycles. The van der Waals surface area contributed by atoms with E-state index >= 15 is 0 Å². The molecular formula is C21H31NO5. The van der Waals surface area contributed by atoms with Crippen LogP contribution in [0, 0.1) is 0 Å². The van der Waals surface area contributed by atoms with Crippen molar-refractivity contribution in [1.82, 2.24) is 0 Å². The van der Waals surface area contributed by atoms with E-state index in [4.69, 9.17) is 9.47 Å². The molecule has 1 N–H and O–H groups in total. The maximum atomic E-state index is 12.0. The third kappa shape index (κ3) is 9.78. The summed E-state index contributed by atoms with van der Waals surface area (Å²) >= 11 is 0. The summed E-state index contributed by atoms with van der Waals surface area (Å²) in [5.74, 6) is -1.14. The smallest absolute Gasteiger partial charge is 0.347 e. The average Bonchev–Trinajstić information content (AvgIpc) is 2.67. The number of nitrogens with one attached hydrogen (secondary N) is 1. The van der Waals surface area contributed by atoms with E-state index in [1.165, 1.54) is 51.2 Å². The van der Waals surface area contributed by atoms with Gasteiger partial charge in [-0.3, -0.25) is 4.79 Å². The maximum absolute atomic E-state index is 12.0. The zero-order valence-corrected chi connectivity index (χ0v) is 16.4. The van der Waals surface area contributed by atoms with Gasteiger partial charge in [0.2, 0.25) is 6.41 Å². The van der Waals surface area contributed by atoms with Crippen molar-refractivity contribution in [3.05, 3.63) is 29.8 Å². The Hall–Kier alpha value is -2.37. The van der Waals surface area contributed by atoms with Gasteiger partial charge in [-0.15, -0.1) is 0 Å². The first-order chi connectivity index (χ1) is 13.1. The summed E-state index contributed by atoms with van der Waals surface area (Å²) in [6, 6.07) is 6.20. The molecule has 0 saturated carbocycles. The molecule has 0 saturated heterocycles. The van der Waals surface area contributed by atoms with Crippen molar-refractivity contribution in [2.75, 3.05) is 11.9 Å². The zero-order valence-electron chi connectivity index (χ0n) is 16.4. The summed E-state index contributed by atoms with van der Waals surface area (Å²) in [5, 5.41) is 2.48. The largest absolute Gasteiger partial charge is 0.463 e. The van der Waals surface area contributed by atoms with E-state index in [-0.39, 0.29) is 0 Å². The van der Waals surface area contributed by atoms with Gasteiger partial charge in [-0.25, -0.2) is 9.59 Å². The van der Waals surface area contributed by atoms with E-state index < -0.39 is 18.0 Å². The molecule has 150 valence electrons. The van der Waals surface area contributed by atoms with Crippen molar-refractivity contribution in [2.45, 2.75) is 71.3 Å². The Morgan fingerprint density at radius 3 is 2.19 bits per heavy atom. The fourth-order valence-corrected chi connectivity index (χ4v) is 2.57. The minimum Gasteiger partial charge on any atom is -0.463 e. The van der Waals surface area contributed by atoms with E-state index in [0.717, 1.165) is 19.3 Å². The number of anilines is 1. The second-order valence-electron chi connectivity index (χ2n) is 6.53. The van der Waals surface area contributed by atoms with Crippen LogP contribution in [0.25, 0.3) is 0 Å². The van der Waals surface area contributed by atoms with Gasteiger partial charge in [-0.2, -0.15) is 0 Å². The summed E-state index contributed by atoms with van der Waals surface area (Å²) in [5.41, 5.74) is 0.869. The first-order valence-electron chi connectivity index (χ1n) is 9.76. The summed E-state index contributed by atoms with van der Waals surface area (Å²) in [6.45, 7) is 4.05. The Bertz CT molecular complexity index is 570. The highest BCUT2D eigenvalue weighted by molar-refractivity contribution is 5.92. The Kier molecular flexibility index (Phi) is 11.6. The number of esters is 2. The lowest BCUT2D eigenvalue weighted by molar-refractivity contribution is -0.153. The van der Waals surface area contributed by atoms with Crippen molar-refractivity contribution in [2.24, 2.45) is 0 Å². The number of carbonyl (C=O) groups is 3. The third-order valence-corrected chi connectivity index (χ3v) is 4.20. The van der Waals surface area contributed by atoms with Crippen LogP contribution in [0.4, 0.5) is 5.69 Å². The molecule has 6 nitrogen and oxygen atoms in total. The second kappa shape index (κ2) is 13.8. The first-order valence-corrected chi connectivity index (χ1v) is 9.76. The van der Waals surface area contributed by atoms with E-state index in [2.05, 4.69) is 12.2 Å². The average molecular weight is 377 g/mol. The standard InChI is InChI=1S/C21H31NO5/c1-3-4-5-6-7-8-9-10-15-26-20(24)17(2)27-21(25)18-11-13-19(14-12-18)22-16-23/h11-14,16-17H,3-10,15H2,1-2H3,(H,22,23)/t17-/m0/s1. The second-order valence-corrected chi connectivity index (χ2v) is 6.53. The Balaban J connectivity index is 2.19. The molecule has 0 fully saturated rings. The van der Waals surface area contributed by atoms with Crippen molar-refractivity contribution in [3.8, 4) is 0 Å². The lowest BCUT2D eigenvalue weighted by Crippen LogP contribution is -2.26. The molecule has 0 aliphatic carbocycles. The maximum Gasteiger partial charge on any atom is 0.347 e. The van der Waals surface area contributed by atoms with Crippen LogP contribution < -0.4 is 5.32 Å². The quantitative estimate of drug-likeness (QED) is 0.294. The van der Waals surface area contributed by atoms with Crippen LogP contribution in [0.3, 0.4) is 0 Å². The number of hydrogen-bond acceptors (Lipinski definition) is 5. The third-order valence-electron chi connectivity index (χ3n) is 4.20. The SMILES string of the molecule is CCCCCCCCCCOC(=O)[C@H](C)OC(=O)c1ccc(NC=O)cc1. The normalized spacial score (nSPS) is 11.5. The molecule has 6 heteroatoms. The molecule has 27 heavy (non-hydrogen) atoms. The molecule has 1 atom stereocenters. The number of rotatable bonds is 14. The number of benzene rings is 1. The molecule has 0 unspecified atom stereocenters. The number of ether oxygens (including phenoxy) is 2. The molecule has 1 rings (SSSR count). The van der Waals surface area contributed by atoms with Gasteiger partial charge in [0.25, 0.3) is 0 Å². The highest BCUT2D eigenvalue weighted by Crippen LogP contribution is 2.12. The van der Waals surface area contributed by atoms with Crippen LogP contribution in [0.5, 0.6) is 0 Å². The van der Waals surface area contributed by atoms with Gasteiger partial charge in [0.1, 0.15) is 0 Å². The Morgan fingerprint density at radius 1 is 1.00 bits per heavy atom. The molecule has 1 aromatic rings. The van der Waals surface area contributed by atoms with Crippen LogP contribution in [0.15, 0.2) is 24.3 Å². The molecule has 0 aliphatic rings. The highest BCUT2D eigenvalue weighted by Gasteiger charge is 2.20. The fraction of sp³-hybridized carbons (Fsp3) is 0.571. The van der Waals surface area contributed by atoms with E-state index in [9.17, 15) is 14.4 Å². The minimum atomic E-state index is -0.959. The first kappa shape index (κ1) is 22.7. The van der Waals surface area contributed by atoms with Crippen LogP contribution >= 0.6 is 0 Å². The lowest BCUT2D eigenvalue weighted by atomic mass is 10.1. The van der Waals surface area contributed by atoms with E-state index in [1.54, 1.807) is 12.1 Å². The number of hydrogen-bond donors (Lipinski definition) is 1. The zero-order chi connectivity index (χ0) is 19.9. The predicted molar refractivity (Wildman–Crippen MR) is 105 cm³/mol. The van der Waals surface area contributed by atoms with Gasteiger partial charge < -0.3 is 14.8 Å². The number of carbonyl (C=O) groups excluding carboxylic acids is 3. The minimum absolute atomic E-state index is 0.300. The van der Waals surface area contributed by atoms with Crippen molar-refractivity contribution in [1.29, 1.82) is 0 Å². The van der Waals surface area contributed by atoms with Crippen molar-refractivity contribution < 1.29 is 23.9 Å². The van der Waals surface area contributed by atoms with Crippen LogP contribution in [-0.4, -0.2) is 31.1 Å². The summed E-state index contributed by atoms with van der Waals surface area (Å²) in [4.78, 5) is 34.3. The Labute approximate surface area is 161 Å². The van der Waals surface area contributed by atoms with Crippen LogP contribution in [0.1, 0.15) is 75.6 Å². The lowest BCUT2D eigenvalue weighted by Gasteiger charge is -2.13. The topological polar surface area (TPSA) is 81.7 Å². The summed E-state index contributed by atoms with van der Waals surface area (Å²) < 4.78 is 10.3. The number of unbranched alkanes of at least 4 members (excludes halogenated alkanes) is 7. The van der Waals surface area contributed by atoms with E-state index in [0.29, 0.717) is 24.3 Å². The highest BCUT2D eigenvalue weighted by atomic mass is 16.6.